The van der Waals surface area contributed by atoms with Crippen molar-refractivity contribution >= 4 is 21.6 Å². The highest BCUT2D eigenvalue weighted by molar-refractivity contribution is 7.89. The Labute approximate surface area is 152 Å². The van der Waals surface area contributed by atoms with E-state index in [-0.39, 0.29) is 10.9 Å². The number of amides is 1. The fraction of sp³-hybridized carbons (Fsp3) is 0.278. The van der Waals surface area contributed by atoms with Gasteiger partial charge in [-0.05, 0) is 69.3 Å². The summed E-state index contributed by atoms with van der Waals surface area (Å²) in [6, 6.07) is 10.9. The first-order chi connectivity index (χ1) is 12.2. The van der Waals surface area contributed by atoms with Gasteiger partial charge in [-0.15, -0.1) is 0 Å². The van der Waals surface area contributed by atoms with Crippen LogP contribution in [-0.2, 0) is 14.8 Å². The minimum absolute atomic E-state index is 0.111. The maximum absolute atomic E-state index is 12.9. The zero-order chi connectivity index (χ0) is 19.3. The Morgan fingerprint density at radius 1 is 1.00 bits per heavy atom. The number of carbonyl (C=O) groups excluding carboxylic acids is 1. The highest BCUT2D eigenvalue weighted by Gasteiger charge is 2.17. The van der Waals surface area contributed by atoms with Gasteiger partial charge >= 0.3 is 0 Å². The van der Waals surface area contributed by atoms with Crippen LogP contribution in [0.15, 0.2) is 53.4 Å². The molecule has 0 aliphatic carbocycles. The van der Waals surface area contributed by atoms with Crippen molar-refractivity contribution in [3.05, 3.63) is 54.3 Å². The van der Waals surface area contributed by atoms with Crippen LogP contribution >= 0.6 is 0 Å². The van der Waals surface area contributed by atoms with Gasteiger partial charge in [0, 0.05) is 11.7 Å². The summed E-state index contributed by atoms with van der Waals surface area (Å²) >= 11 is 0. The molecule has 0 saturated carbocycles. The molecule has 0 aromatic heterocycles. The van der Waals surface area contributed by atoms with Crippen LogP contribution in [0, 0.1) is 5.82 Å². The van der Waals surface area contributed by atoms with Gasteiger partial charge in [-0.3, -0.25) is 4.79 Å². The average Bonchev–Trinajstić information content (AvgIpc) is 2.56. The van der Waals surface area contributed by atoms with Gasteiger partial charge in [-0.2, -0.15) is 0 Å². The highest BCUT2D eigenvalue weighted by Crippen LogP contribution is 2.16. The molecule has 140 valence electrons. The largest absolute Gasteiger partial charge is 0.481 e. The molecule has 1 atom stereocenters. The van der Waals surface area contributed by atoms with Gasteiger partial charge in [-0.25, -0.2) is 17.5 Å². The number of anilines is 1. The van der Waals surface area contributed by atoms with Gasteiger partial charge in [0.25, 0.3) is 5.91 Å². The number of ether oxygens (including phenoxy) is 1. The molecule has 0 aliphatic rings. The number of hydrogen-bond donors (Lipinski definition) is 2. The predicted molar refractivity (Wildman–Crippen MR) is 97.0 cm³/mol. The second kappa shape index (κ2) is 8.29. The van der Waals surface area contributed by atoms with Crippen LogP contribution in [-0.4, -0.2) is 26.5 Å². The highest BCUT2D eigenvalue weighted by atomic mass is 32.2. The molecule has 2 aromatic carbocycles. The predicted octanol–water partition coefficient (Wildman–Crippen LogP) is 2.92. The second-order valence-electron chi connectivity index (χ2n) is 6.00. The summed E-state index contributed by atoms with van der Waals surface area (Å²) in [6.07, 6.45) is -0.813. The lowest BCUT2D eigenvalue weighted by atomic mass is 10.3. The maximum atomic E-state index is 12.9. The molecule has 6 nitrogen and oxygen atoms in total. The summed E-state index contributed by atoms with van der Waals surface area (Å²) in [5.41, 5.74) is 0.438. The van der Waals surface area contributed by atoms with E-state index in [0.717, 1.165) is 0 Å². The molecule has 0 saturated heterocycles. The fourth-order valence-electron chi connectivity index (χ4n) is 2.11. The van der Waals surface area contributed by atoms with E-state index in [9.17, 15) is 17.6 Å². The first-order valence-electron chi connectivity index (χ1n) is 8.03. The van der Waals surface area contributed by atoms with Crippen molar-refractivity contribution in [3.8, 4) is 5.75 Å². The van der Waals surface area contributed by atoms with Crippen LogP contribution in [0.3, 0.4) is 0 Å². The summed E-state index contributed by atoms with van der Waals surface area (Å²) in [6.45, 7) is 5.02. The van der Waals surface area contributed by atoms with Crippen LogP contribution in [0.2, 0.25) is 0 Å². The first kappa shape index (κ1) is 19.9. The van der Waals surface area contributed by atoms with Gasteiger partial charge in [0.2, 0.25) is 10.0 Å². The van der Waals surface area contributed by atoms with E-state index in [4.69, 9.17) is 4.74 Å². The lowest BCUT2D eigenvalue weighted by Crippen LogP contribution is -2.31. The molecule has 0 bridgehead atoms. The van der Waals surface area contributed by atoms with E-state index in [0.29, 0.717) is 11.4 Å². The van der Waals surface area contributed by atoms with Crippen LogP contribution in [0.5, 0.6) is 5.75 Å². The van der Waals surface area contributed by atoms with E-state index in [1.165, 1.54) is 48.5 Å². The number of carbonyl (C=O) groups is 1. The summed E-state index contributed by atoms with van der Waals surface area (Å²) in [4.78, 5) is 12.3. The van der Waals surface area contributed by atoms with Crippen molar-refractivity contribution < 1.29 is 22.3 Å². The Morgan fingerprint density at radius 3 is 2.12 bits per heavy atom. The number of nitrogens with one attached hydrogen (secondary N) is 2. The summed E-state index contributed by atoms with van der Waals surface area (Å²) in [5, 5.41) is 2.64. The molecule has 0 unspecified atom stereocenters. The van der Waals surface area contributed by atoms with Gasteiger partial charge in [0.05, 0.1) is 4.90 Å². The zero-order valence-electron chi connectivity index (χ0n) is 14.7. The smallest absolute Gasteiger partial charge is 0.265 e. The molecule has 2 N–H and O–H groups in total. The molecule has 0 heterocycles. The Bertz CT molecular complexity index is 850. The Balaban J connectivity index is 1.99. The SMILES string of the molecule is CC(C)NS(=O)(=O)c1ccc(NC(=O)[C@@H](C)Oc2ccc(F)cc2)cc1. The van der Waals surface area contributed by atoms with Crippen molar-refractivity contribution in [1.82, 2.24) is 4.72 Å². The summed E-state index contributed by atoms with van der Waals surface area (Å²) in [5.74, 6) is -0.433. The number of halogens is 1. The number of rotatable bonds is 7. The van der Waals surface area contributed by atoms with Crippen LogP contribution < -0.4 is 14.8 Å². The maximum Gasteiger partial charge on any atom is 0.265 e. The first-order valence-corrected chi connectivity index (χ1v) is 9.51. The molecule has 0 aliphatic heterocycles. The number of hydrogen-bond acceptors (Lipinski definition) is 4. The topological polar surface area (TPSA) is 84.5 Å². The lowest BCUT2D eigenvalue weighted by Gasteiger charge is -2.15. The third kappa shape index (κ3) is 5.53. The third-order valence-electron chi connectivity index (χ3n) is 3.32. The molecule has 0 fully saturated rings. The standard InChI is InChI=1S/C18H21FN2O4S/c1-12(2)21-26(23,24)17-10-6-15(7-11-17)20-18(22)13(3)25-16-8-4-14(19)5-9-16/h4-13,21H,1-3H3,(H,20,22)/t13-/m1/s1. The van der Waals surface area contributed by atoms with Crippen molar-refractivity contribution in [2.75, 3.05) is 5.32 Å². The van der Waals surface area contributed by atoms with E-state index >= 15 is 0 Å². The normalized spacial score (nSPS) is 12.7. The summed E-state index contributed by atoms with van der Waals surface area (Å²) < 4.78 is 44.9. The van der Waals surface area contributed by atoms with Gasteiger partial charge in [-0.1, -0.05) is 0 Å². The van der Waals surface area contributed by atoms with E-state index in [1.807, 2.05) is 0 Å². The van der Waals surface area contributed by atoms with Gasteiger partial charge in [0.15, 0.2) is 6.10 Å². The fourth-order valence-corrected chi connectivity index (χ4v) is 3.36. The molecule has 0 radical (unpaired) electrons. The molecule has 8 heteroatoms. The monoisotopic (exact) mass is 380 g/mol. The van der Waals surface area contributed by atoms with Gasteiger partial charge < -0.3 is 10.1 Å². The quantitative estimate of drug-likeness (QED) is 0.774. The van der Waals surface area contributed by atoms with Crippen LogP contribution in [0.1, 0.15) is 20.8 Å². The number of sulfonamides is 1. The van der Waals surface area contributed by atoms with Crippen molar-refractivity contribution in [1.29, 1.82) is 0 Å². The lowest BCUT2D eigenvalue weighted by molar-refractivity contribution is -0.122. The van der Waals surface area contributed by atoms with Crippen LogP contribution in [0.25, 0.3) is 0 Å². The van der Waals surface area contributed by atoms with E-state index in [1.54, 1.807) is 20.8 Å². The number of benzene rings is 2. The molecule has 0 spiro atoms. The molecule has 1 amide bonds. The third-order valence-corrected chi connectivity index (χ3v) is 4.99. The molecule has 2 rings (SSSR count). The molecule has 2 aromatic rings. The molecular formula is C18H21FN2O4S. The average molecular weight is 380 g/mol. The summed E-state index contributed by atoms with van der Waals surface area (Å²) in [7, 11) is -3.58. The van der Waals surface area contributed by atoms with Crippen molar-refractivity contribution in [2.24, 2.45) is 0 Å². The van der Waals surface area contributed by atoms with E-state index in [2.05, 4.69) is 10.0 Å². The molecule has 26 heavy (non-hydrogen) atoms. The zero-order valence-corrected chi connectivity index (χ0v) is 15.5. The van der Waals surface area contributed by atoms with E-state index < -0.39 is 27.9 Å². The minimum atomic E-state index is -3.58. The minimum Gasteiger partial charge on any atom is -0.481 e. The second-order valence-corrected chi connectivity index (χ2v) is 7.72. The molecular weight excluding hydrogens is 359 g/mol. The van der Waals surface area contributed by atoms with Crippen molar-refractivity contribution in [3.63, 3.8) is 0 Å². The van der Waals surface area contributed by atoms with Crippen molar-refractivity contribution in [2.45, 2.75) is 37.8 Å². The Morgan fingerprint density at radius 2 is 1.58 bits per heavy atom. The van der Waals surface area contributed by atoms with Crippen LogP contribution in [0.4, 0.5) is 10.1 Å². The Hall–Kier alpha value is -2.45. The Kier molecular flexibility index (Phi) is 6.33. The van der Waals surface area contributed by atoms with Gasteiger partial charge in [0.1, 0.15) is 11.6 Å².